The number of carbonyl (C=O) groups is 1. The molecule has 0 saturated carbocycles. The Morgan fingerprint density at radius 2 is 1.77 bits per heavy atom. The van der Waals surface area contributed by atoms with Crippen molar-refractivity contribution in [1.29, 1.82) is 0 Å². The Labute approximate surface area is 126 Å². The molecule has 3 aromatic rings. The summed E-state index contributed by atoms with van der Waals surface area (Å²) < 4.78 is 15.6. The van der Waals surface area contributed by atoms with Gasteiger partial charge in [-0.05, 0) is 24.3 Å². The maximum Gasteiger partial charge on any atom is 0.401 e. The van der Waals surface area contributed by atoms with Crippen LogP contribution in [0.2, 0.25) is 0 Å². The molecule has 0 N–H and O–H groups in total. The van der Waals surface area contributed by atoms with Crippen LogP contribution in [0.3, 0.4) is 0 Å². The van der Waals surface area contributed by atoms with Crippen molar-refractivity contribution in [3.05, 3.63) is 60.5 Å². The van der Waals surface area contributed by atoms with Crippen molar-refractivity contribution >= 4 is 5.97 Å². The van der Waals surface area contributed by atoms with Crippen LogP contribution >= 0.6 is 0 Å². The summed E-state index contributed by atoms with van der Waals surface area (Å²) in [6.45, 7) is 0. The lowest BCUT2D eigenvalue weighted by Gasteiger charge is -2.03. The summed E-state index contributed by atoms with van der Waals surface area (Å²) in [5, 5.41) is 7.55. The Morgan fingerprint density at radius 1 is 1.00 bits per heavy atom. The van der Waals surface area contributed by atoms with Gasteiger partial charge in [-0.25, -0.2) is 4.79 Å². The molecular formula is C16H12N2O4. The highest BCUT2D eigenvalue weighted by Gasteiger charge is 2.18. The van der Waals surface area contributed by atoms with Crippen LogP contribution in [0.25, 0.3) is 11.5 Å². The molecule has 0 bridgehead atoms. The summed E-state index contributed by atoms with van der Waals surface area (Å²) in [6, 6.07) is 15.9. The van der Waals surface area contributed by atoms with Crippen LogP contribution in [0.1, 0.15) is 10.7 Å². The first-order valence-electron chi connectivity index (χ1n) is 6.51. The summed E-state index contributed by atoms with van der Waals surface area (Å²) in [7, 11) is 1.53. The van der Waals surface area contributed by atoms with Crippen molar-refractivity contribution < 1.29 is 18.7 Å². The minimum Gasteiger partial charge on any atom is -0.497 e. The summed E-state index contributed by atoms with van der Waals surface area (Å²) >= 11 is 0. The monoisotopic (exact) mass is 296 g/mol. The number of aromatic nitrogens is 2. The normalized spacial score (nSPS) is 10.2. The van der Waals surface area contributed by atoms with Gasteiger partial charge in [-0.15, -0.1) is 10.2 Å². The second kappa shape index (κ2) is 6.09. The van der Waals surface area contributed by atoms with E-state index in [4.69, 9.17) is 13.9 Å². The third kappa shape index (κ3) is 2.95. The second-order valence-electron chi connectivity index (χ2n) is 4.35. The lowest BCUT2D eigenvalue weighted by molar-refractivity contribution is 0.0693. The van der Waals surface area contributed by atoms with Gasteiger partial charge >= 0.3 is 11.9 Å². The van der Waals surface area contributed by atoms with Crippen molar-refractivity contribution in [2.24, 2.45) is 0 Å². The predicted molar refractivity (Wildman–Crippen MR) is 77.7 cm³/mol. The quantitative estimate of drug-likeness (QED) is 0.544. The van der Waals surface area contributed by atoms with Crippen molar-refractivity contribution in [2.45, 2.75) is 0 Å². The molecule has 0 atom stereocenters. The molecule has 1 aromatic heterocycles. The number of hydrogen-bond donors (Lipinski definition) is 0. The Kier molecular flexibility index (Phi) is 3.82. The minimum atomic E-state index is -0.720. The molecule has 0 unspecified atom stereocenters. The van der Waals surface area contributed by atoms with Crippen LogP contribution < -0.4 is 9.47 Å². The van der Waals surface area contributed by atoms with Gasteiger partial charge in [0.25, 0.3) is 0 Å². The molecule has 0 radical (unpaired) electrons. The van der Waals surface area contributed by atoms with Gasteiger partial charge in [0.05, 0.1) is 7.11 Å². The molecule has 22 heavy (non-hydrogen) atoms. The zero-order chi connectivity index (χ0) is 15.4. The van der Waals surface area contributed by atoms with E-state index in [2.05, 4.69) is 10.2 Å². The fourth-order valence-electron chi connectivity index (χ4n) is 1.82. The summed E-state index contributed by atoms with van der Waals surface area (Å²) in [6.07, 6.45) is 0. The molecule has 0 aliphatic rings. The molecule has 0 saturated heterocycles. The van der Waals surface area contributed by atoms with E-state index in [0.29, 0.717) is 11.5 Å². The molecule has 0 fully saturated rings. The van der Waals surface area contributed by atoms with Gasteiger partial charge in [-0.3, -0.25) is 0 Å². The Bertz CT molecular complexity index is 784. The fraction of sp³-hybridized carbons (Fsp3) is 0.0625. The van der Waals surface area contributed by atoms with Crippen LogP contribution in [0.5, 0.6) is 11.5 Å². The van der Waals surface area contributed by atoms with Crippen LogP contribution in [-0.4, -0.2) is 23.3 Å². The third-order valence-corrected chi connectivity index (χ3v) is 2.87. The van der Waals surface area contributed by atoms with E-state index in [-0.39, 0.29) is 11.8 Å². The largest absolute Gasteiger partial charge is 0.497 e. The van der Waals surface area contributed by atoms with Gasteiger partial charge in [0.2, 0.25) is 5.89 Å². The predicted octanol–water partition coefficient (Wildman–Crippen LogP) is 2.96. The number of methoxy groups -OCH3 is 1. The average molecular weight is 296 g/mol. The zero-order valence-corrected chi connectivity index (χ0v) is 11.7. The summed E-state index contributed by atoms with van der Waals surface area (Å²) in [5.74, 6) is 0.257. The van der Waals surface area contributed by atoms with Crippen molar-refractivity contribution in [3.63, 3.8) is 0 Å². The lowest BCUT2D eigenvalue weighted by atomic mass is 10.2. The molecule has 6 nitrogen and oxygen atoms in total. The van der Waals surface area contributed by atoms with Crippen LogP contribution in [0, 0.1) is 0 Å². The van der Waals surface area contributed by atoms with Crippen molar-refractivity contribution in [3.8, 4) is 23.0 Å². The number of hydrogen-bond acceptors (Lipinski definition) is 6. The van der Waals surface area contributed by atoms with Crippen LogP contribution in [-0.2, 0) is 0 Å². The molecule has 0 aliphatic heterocycles. The molecule has 0 spiro atoms. The summed E-state index contributed by atoms with van der Waals surface area (Å²) in [5.41, 5.74) is 0.732. The average Bonchev–Trinajstić information content (AvgIpc) is 3.06. The van der Waals surface area contributed by atoms with Gasteiger partial charge in [-0.2, -0.15) is 0 Å². The van der Waals surface area contributed by atoms with Gasteiger partial charge in [0, 0.05) is 11.6 Å². The SMILES string of the molecule is COc1cccc(OC(=O)c2nnc(-c3ccccc3)o2)c1. The first-order valence-corrected chi connectivity index (χ1v) is 6.51. The fourth-order valence-corrected chi connectivity index (χ4v) is 1.82. The number of carbonyl (C=O) groups excluding carboxylic acids is 1. The van der Waals surface area contributed by atoms with E-state index in [9.17, 15) is 4.79 Å². The van der Waals surface area contributed by atoms with E-state index >= 15 is 0 Å². The maximum absolute atomic E-state index is 12.0. The number of esters is 1. The molecular weight excluding hydrogens is 284 g/mol. The van der Waals surface area contributed by atoms with Gasteiger partial charge in [0.1, 0.15) is 11.5 Å². The molecule has 1 heterocycles. The summed E-state index contributed by atoms with van der Waals surface area (Å²) in [4.78, 5) is 12.0. The molecule has 0 amide bonds. The van der Waals surface area contributed by atoms with E-state index in [0.717, 1.165) is 5.56 Å². The number of rotatable bonds is 4. The smallest absolute Gasteiger partial charge is 0.401 e. The number of benzene rings is 2. The first-order chi connectivity index (χ1) is 10.8. The minimum absolute atomic E-state index is 0.207. The Morgan fingerprint density at radius 3 is 2.55 bits per heavy atom. The highest BCUT2D eigenvalue weighted by Crippen LogP contribution is 2.21. The van der Waals surface area contributed by atoms with Crippen LogP contribution in [0.4, 0.5) is 0 Å². The molecule has 3 rings (SSSR count). The van der Waals surface area contributed by atoms with E-state index in [1.807, 2.05) is 30.3 Å². The van der Waals surface area contributed by atoms with E-state index in [1.165, 1.54) is 7.11 Å². The number of nitrogens with zero attached hydrogens (tertiary/aromatic N) is 2. The second-order valence-corrected chi connectivity index (χ2v) is 4.35. The highest BCUT2D eigenvalue weighted by molar-refractivity contribution is 5.86. The first kappa shape index (κ1) is 13.8. The molecule has 110 valence electrons. The number of ether oxygens (including phenoxy) is 2. The topological polar surface area (TPSA) is 74.5 Å². The van der Waals surface area contributed by atoms with Crippen LogP contribution in [0.15, 0.2) is 59.0 Å². The maximum atomic E-state index is 12.0. The Hall–Kier alpha value is -3.15. The van der Waals surface area contributed by atoms with Gasteiger partial charge in [0.15, 0.2) is 0 Å². The van der Waals surface area contributed by atoms with E-state index in [1.54, 1.807) is 24.3 Å². The van der Waals surface area contributed by atoms with Gasteiger partial charge in [-0.1, -0.05) is 24.3 Å². The van der Waals surface area contributed by atoms with Gasteiger partial charge < -0.3 is 13.9 Å². The zero-order valence-electron chi connectivity index (χ0n) is 11.7. The van der Waals surface area contributed by atoms with E-state index < -0.39 is 5.97 Å². The Balaban J connectivity index is 1.77. The molecule has 6 heteroatoms. The molecule has 0 aliphatic carbocycles. The lowest BCUT2D eigenvalue weighted by Crippen LogP contribution is -2.08. The van der Waals surface area contributed by atoms with Crippen molar-refractivity contribution in [2.75, 3.05) is 7.11 Å². The molecule has 2 aromatic carbocycles. The third-order valence-electron chi connectivity index (χ3n) is 2.87. The van der Waals surface area contributed by atoms with Crippen molar-refractivity contribution in [1.82, 2.24) is 10.2 Å². The standard InChI is InChI=1S/C16H12N2O4/c1-20-12-8-5-9-13(10-12)21-16(19)15-18-17-14(22-15)11-6-3-2-4-7-11/h2-10H,1H3. The highest BCUT2D eigenvalue weighted by atomic mass is 16.6.